The summed E-state index contributed by atoms with van der Waals surface area (Å²) in [6, 6.07) is 9.50. The minimum Gasteiger partial charge on any atom is -0.493 e. The zero-order valence-electron chi connectivity index (χ0n) is 15.8. The van der Waals surface area contributed by atoms with E-state index in [1.807, 2.05) is 31.0 Å². The zero-order chi connectivity index (χ0) is 19.3. The molecule has 2 aromatic rings. The van der Waals surface area contributed by atoms with Crippen molar-refractivity contribution < 1.29 is 18.7 Å². The summed E-state index contributed by atoms with van der Waals surface area (Å²) in [7, 11) is 5.03. The average Bonchev–Trinajstić information content (AvgIpc) is 2.63. The van der Waals surface area contributed by atoms with E-state index in [1.54, 1.807) is 39.3 Å². The Kier molecular flexibility index (Phi) is 6.58. The molecule has 0 unspecified atom stereocenters. The van der Waals surface area contributed by atoms with Gasteiger partial charge in [-0.1, -0.05) is 12.1 Å². The molecule has 26 heavy (non-hydrogen) atoms. The van der Waals surface area contributed by atoms with Gasteiger partial charge in [0.25, 0.3) is 0 Å². The van der Waals surface area contributed by atoms with Gasteiger partial charge in [-0.2, -0.15) is 0 Å². The maximum Gasteiger partial charge on any atom is 0.241 e. The van der Waals surface area contributed by atoms with E-state index in [9.17, 15) is 9.18 Å². The van der Waals surface area contributed by atoms with Gasteiger partial charge in [0.05, 0.1) is 25.9 Å². The van der Waals surface area contributed by atoms with Gasteiger partial charge in [0.15, 0.2) is 11.5 Å². The first-order valence-corrected chi connectivity index (χ1v) is 8.34. The molecule has 1 N–H and O–H groups in total. The van der Waals surface area contributed by atoms with Crippen molar-refractivity contribution in [1.82, 2.24) is 4.90 Å². The number of carbonyl (C=O) groups excluding carboxylic acids is 1. The van der Waals surface area contributed by atoms with Gasteiger partial charge < -0.3 is 14.8 Å². The third-order valence-corrected chi connectivity index (χ3v) is 4.43. The second-order valence-electron chi connectivity index (χ2n) is 6.19. The van der Waals surface area contributed by atoms with Crippen molar-refractivity contribution in [3.8, 4) is 11.5 Å². The van der Waals surface area contributed by atoms with Gasteiger partial charge in [-0.3, -0.25) is 9.69 Å². The maximum absolute atomic E-state index is 13.7. The Morgan fingerprint density at radius 3 is 2.42 bits per heavy atom. The Bertz CT molecular complexity index is 780. The quantitative estimate of drug-likeness (QED) is 0.820. The van der Waals surface area contributed by atoms with Crippen LogP contribution in [0.2, 0.25) is 0 Å². The van der Waals surface area contributed by atoms with Crippen LogP contribution in [0.3, 0.4) is 0 Å². The van der Waals surface area contributed by atoms with Crippen LogP contribution in [0.5, 0.6) is 11.5 Å². The molecule has 0 bridgehead atoms. The number of carbonyl (C=O) groups is 1. The molecule has 0 saturated heterocycles. The van der Waals surface area contributed by atoms with Crippen molar-refractivity contribution >= 4 is 11.6 Å². The summed E-state index contributed by atoms with van der Waals surface area (Å²) >= 11 is 0. The van der Waals surface area contributed by atoms with Crippen molar-refractivity contribution in [3.63, 3.8) is 0 Å². The summed E-state index contributed by atoms with van der Waals surface area (Å²) in [5, 5.41) is 2.63. The maximum atomic E-state index is 13.7. The number of halogens is 1. The van der Waals surface area contributed by atoms with Gasteiger partial charge >= 0.3 is 0 Å². The van der Waals surface area contributed by atoms with Crippen molar-refractivity contribution in [2.45, 2.75) is 26.4 Å². The standard InChI is InChI=1S/C20H25FN2O3/c1-13-10-18(25-4)19(26-5)11-15(13)12-23(3)14(2)20(24)22-17-9-7-6-8-16(17)21/h6-11,14H,12H2,1-5H3,(H,22,24)/t14-/m0/s1. The van der Waals surface area contributed by atoms with E-state index in [1.165, 1.54) is 6.07 Å². The van der Waals surface area contributed by atoms with Gasteiger partial charge in [-0.25, -0.2) is 4.39 Å². The lowest BCUT2D eigenvalue weighted by Crippen LogP contribution is -2.39. The molecule has 0 aliphatic carbocycles. The van der Waals surface area contributed by atoms with Crippen LogP contribution in [0.25, 0.3) is 0 Å². The molecular weight excluding hydrogens is 335 g/mol. The molecule has 0 spiro atoms. The van der Waals surface area contributed by atoms with E-state index in [0.717, 1.165) is 11.1 Å². The highest BCUT2D eigenvalue weighted by Crippen LogP contribution is 2.31. The molecule has 1 amide bonds. The number of hydrogen-bond donors (Lipinski definition) is 1. The number of aryl methyl sites for hydroxylation is 1. The van der Waals surface area contributed by atoms with Crippen LogP contribution < -0.4 is 14.8 Å². The van der Waals surface area contributed by atoms with Gasteiger partial charge in [0.2, 0.25) is 5.91 Å². The van der Waals surface area contributed by atoms with E-state index < -0.39 is 11.9 Å². The second kappa shape index (κ2) is 8.67. The number of nitrogens with zero attached hydrogens (tertiary/aromatic N) is 1. The van der Waals surface area contributed by atoms with Crippen LogP contribution in [0.15, 0.2) is 36.4 Å². The van der Waals surface area contributed by atoms with Gasteiger partial charge in [0.1, 0.15) is 5.82 Å². The molecular formula is C20H25FN2O3. The van der Waals surface area contributed by atoms with Crippen LogP contribution in [-0.2, 0) is 11.3 Å². The first-order valence-electron chi connectivity index (χ1n) is 8.34. The molecule has 6 heteroatoms. The molecule has 0 saturated carbocycles. The van der Waals surface area contributed by atoms with Crippen LogP contribution >= 0.6 is 0 Å². The highest BCUT2D eigenvalue weighted by molar-refractivity contribution is 5.94. The highest BCUT2D eigenvalue weighted by atomic mass is 19.1. The van der Waals surface area contributed by atoms with Crippen LogP contribution in [0.4, 0.5) is 10.1 Å². The van der Waals surface area contributed by atoms with Crippen LogP contribution in [-0.4, -0.2) is 38.1 Å². The van der Waals surface area contributed by atoms with Gasteiger partial charge in [-0.05, 0) is 56.3 Å². The van der Waals surface area contributed by atoms with Crippen LogP contribution in [0.1, 0.15) is 18.1 Å². The normalized spacial score (nSPS) is 12.0. The predicted molar refractivity (Wildman–Crippen MR) is 100 cm³/mol. The number of para-hydroxylation sites is 1. The number of likely N-dealkylation sites (N-methyl/N-ethyl adjacent to an activating group) is 1. The van der Waals surface area contributed by atoms with E-state index in [0.29, 0.717) is 18.0 Å². The number of benzene rings is 2. The summed E-state index contributed by atoms with van der Waals surface area (Å²) in [5.41, 5.74) is 2.24. The highest BCUT2D eigenvalue weighted by Gasteiger charge is 2.20. The molecule has 2 aromatic carbocycles. The summed E-state index contributed by atoms with van der Waals surface area (Å²) in [4.78, 5) is 14.3. The number of rotatable bonds is 7. The molecule has 2 rings (SSSR count). The SMILES string of the molecule is COc1cc(C)c(CN(C)[C@@H](C)C(=O)Nc2ccccc2F)cc1OC. The number of hydrogen-bond acceptors (Lipinski definition) is 4. The summed E-state index contributed by atoms with van der Waals surface area (Å²) in [5.74, 6) is 0.592. The Balaban J connectivity index is 2.10. The van der Waals surface area contributed by atoms with E-state index in [2.05, 4.69) is 5.32 Å². The van der Waals surface area contributed by atoms with Crippen molar-refractivity contribution in [3.05, 3.63) is 53.3 Å². The Labute approximate surface area is 153 Å². The Morgan fingerprint density at radius 1 is 1.19 bits per heavy atom. The lowest BCUT2D eigenvalue weighted by atomic mass is 10.1. The molecule has 0 aromatic heterocycles. The van der Waals surface area contributed by atoms with E-state index in [-0.39, 0.29) is 11.6 Å². The fourth-order valence-corrected chi connectivity index (χ4v) is 2.60. The topological polar surface area (TPSA) is 50.8 Å². The van der Waals surface area contributed by atoms with Gasteiger partial charge in [-0.15, -0.1) is 0 Å². The third kappa shape index (κ3) is 4.52. The monoisotopic (exact) mass is 360 g/mol. The number of anilines is 1. The van der Waals surface area contributed by atoms with Crippen LogP contribution in [0, 0.1) is 12.7 Å². The second-order valence-corrected chi connectivity index (χ2v) is 6.19. The smallest absolute Gasteiger partial charge is 0.241 e. The fourth-order valence-electron chi connectivity index (χ4n) is 2.60. The summed E-state index contributed by atoms with van der Waals surface area (Å²) in [6.45, 7) is 4.31. The predicted octanol–water partition coefficient (Wildman–Crippen LogP) is 3.61. The van der Waals surface area contributed by atoms with Crippen molar-refractivity contribution in [1.29, 1.82) is 0 Å². The van der Waals surface area contributed by atoms with Crippen molar-refractivity contribution in [2.24, 2.45) is 0 Å². The largest absolute Gasteiger partial charge is 0.493 e. The fraction of sp³-hybridized carbons (Fsp3) is 0.350. The molecule has 0 heterocycles. The molecule has 0 radical (unpaired) electrons. The summed E-state index contributed by atoms with van der Waals surface area (Å²) < 4.78 is 24.4. The summed E-state index contributed by atoms with van der Waals surface area (Å²) in [6.07, 6.45) is 0. The number of ether oxygens (including phenoxy) is 2. The minimum absolute atomic E-state index is 0.181. The molecule has 0 fully saturated rings. The lowest BCUT2D eigenvalue weighted by Gasteiger charge is -2.25. The molecule has 140 valence electrons. The molecule has 0 aliphatic rings. The van der Waals surface area contributed by atoms with Gasteiger partial charge in [0, 0.05) is 6.54 Å². The Hall–Kier alpha value is -2.60. The Morgan fingerprint density at radius 2 is 1.81 bits per heavy atom. The molecule has 5 nitrogen and oxygen atoms in total. The third-order valence-electron chi connectivity index (χ3n) is 4.43. The van der Waals surface area contributed by atoms with Crippen molar-refractivity contribution in [2.75, 3.05) is 26.6 Å². The van der Waals surface area contributed by atoms with E-state index >= 15 is 0 Å². The first-order chi connectivity index (χ1) is 12.4. The van der Waals surface area contributed by atoms with E-state index in [4.69, 9.17) is 9.47 Å². The average molecular weight is 360 g/mol. The molecule has 0 aliphatic heterocycles. The number of methoxy groups -OCH3 is 2. The molecule has 1 atom stereocenters. The first kappa shape index (κ1) is 19.7. The number of amides is 1. The zero-order valence-corrected chi connectivity index (χ0v) is 15.8. The number of nitrogens with one attached hydrogen (secondary N) is 1. The lowest BCUT2D eigenvalue weighted by molar-refractivity contribution is -0.120. The minimum atomic E-state index is -0.452.